The molecule has 0 unspecified atom stereocenters. The highest BCUT2D eigenvalue weighted by Crippen LogP contribution is 2.44. The highest BCUT2D eigenvalue weighted by molar-refractivity contribution is 6.00. The molecule has 27 heavy (non-hydrogen) atoms. The summed E-state index contributed by atoms with van der Waals surface area (Å²) in [7, 11) is 0. The van der Waals surface area contributed by atoms with Crippen LogP contribution in [0, 0.1) is 0 Å². The van der Waals surface area contributed by atoms with Gasteiger partial charge >= 0.3 is 5.97 Å². The number of carbonyl (C=O) groups is 3. The van der Waals surface area contributed by atoms with E-state index in [1.807, 2.05) is 30.3 Å². The third kappa shape index (κ3) is 4.34. The van der Waals surface area contributed by atoms with Gasteiger partial charge in [0, 0.05) is 5.69 Å². The topological polar surface area (TPSA) is 95.5 Å². The molecule has 0 radical (unpaired) electrons. The predicted octanol–water partition coefficient (Wildman–Crippen LogP) is 2.49. The average molecular weight is 366 g/mol. The van der Waals surface area contributed by atoms with Gasteiger partial charge in [0.2, 0.25) is 11.8 Å². The number of amides is 2. The lowest BCUT2D eigenvalue weighted by atomic mass is 9.64. The zero-order valence-corrected chi connectivity index (χ0v) is 14.9. The Kier molecular flexibility index (Phi) is 5.54. The maximum Gasteiger partial charge on any atom is 0.322 e. The maximum atomic E-state index is 12.9. The lowest BCUT2D eigenvalue weighted by Gasteiger charge is -2.40. The van der Waals surface area contributed by atoms with Crippen LogP contribution in [0.5, 0.6) is 0 Å². The summed E-state index contributed by atoms with van der Waals surface area (Å²) >= 11 is 0. The Morgan fingerprint density at radius 1 is 0.963 bits per heavy atom. The molecule has 140 valence electrons. The minimum Gasteiger partial charge on any atom is -0.480 e. The third-order valence-electron chi connectivity index (χ3n) is 4.98. The van der Waals surface area contributed by atoms with Gasteiger partial charge in [0.15, 0.2) is 0 Å². The minimum atomic E-state index is -1.08. The number of carboxylic acids is 1. The molecular formula is C21H22N2O4. The zero-order chi connectivity index (χ0) is 19.3. The first-order valence-electron chi connectivity index (χ1n) is 8.94. The first-order valence-corrected chi connectivity index (χ1v) is 8.94. The van der Waals surface area contributed by atoms with Gasteiger partial charge in [-0.25, -0.2) is 0 Å². The number of rotatable bonds is 7. The van der Waals surface area contributed by atoms with E-state index in [9.17, 15) is 14.4 Å². The lowest BCUT2D eigenvalue weighted by molar-refractivity contribution is -0.137. The van der Waals surface area contributed by atoms with Crippen LogP contribution in [0.25, 0.3) is 0 Å². The quantitative estimate of drug-likeness (QED) is 0.701. The van der Waals surface area contributed by atoms with Crippen molar-refractivity contribution >= 4 is 23.5 Å². The second-order valence-corrected chi connectivity index (χ2v) is 6.80. The summed E-state index contributed by atoms with van der Waals surface area (Å²) in [5.74, 6) is -1.44. The van der Waals surface area contributed by atoms with Crippen LogP contribution in [0.3, 0.4) is 0 Å². The van der Waals surface area contributed by atoms with Crippen LogP contribution >= 0.6 is 0 Å². The number of hydrogen-bond acceptors (Lipinski definition) is 3. The van der Waals surface area contributed by atoms with E-state index in [0.29, 0.717) is 5.69 Å². The second kappa shape index (κ2) is 8.03. The second-order valence-electron chi connectivity index (χ2n) is 6.80. The Balaban J connectivity index is 1.62. The van der Waals surface area contributed by atoms with E-state index < -0.39 is 17.9 Å². The Hall–Kier alpha value is -3.15. The zero-order valence-electron chi connectivity index (χ0n) is 14.9. The molecule has 1 saturated carbocycles. The largest absolute Gasteiger partial charge is 0.480 e. The van der Waals surface area contributed by atoms with Crippen LogP contribution in [0.4, 0.5) is 5.69 Å². The lowest BCUT2D eigenvalue weighted by Crippen LogP contribution is -2.45. The van der Waals surface area contributed by atoms with Gasteiger partial charge in [-0.3, -0.25) is 14.4 Å². The van der Waals surface area contributed by atoms with Gasteiger partial charge in [0.1, 0.15) is 6.54 Å². The van der Waals surface area contributed by atoms with Crippen LogP contribution in [-0.4, -0.2) is 29.4 Å². The standard InChI is InChI=1S/C21H22N2O4/c24-18(22-14-19(25)26)13-15-7-9-17(10-8-15)23-20(27)21(11-4-12-21)16-5-2-1-3-6-16/h1-3,5-10H,4,11-14H2,(H,22,24)(H,23,27)(H,25,26). The van der Waals surface area contributed by atoms with Crippen LogP contribution in [0.2, 0.25) is 0 Å². The molecule has 2 amide bonds. The molecule has 3 rings (SSSR count). The molecule has 1 aliphatic rings. The van der Waals surface area contributed by atoms with Gasteiger partial charge < -0.3 is 15.7 Å². The summed E-state index contributed by atoms with van der Waals surface area (Å²) in [6, 6.07) is 16.9. The third-order valence-corrected chi connectivity index (χ3v) is 4.98. The SMILES string of the molecule is O=C(O)CNC(=O)Cc1ccc(NC(=O)C2(c3ccccc3)CCC2)cc1. The number of carboxylic acid groups (broad SMARTS) is 1. The summed E-state index contributed by atoms with van der Waals surface area (Å²) in [5, 5.41) is 13.9. The summed E-state index contributed by atoms with van der Waals surface area (Å²) in [6.45, 7) is -0.394. The molecule has 6 nitrogen and oxygen atoms in total. The van der Waals surface area contributed by atoms with Crippen molar-refractivity contribution in [3.63, 3.8) is 0 Å². The van der Waals surface area contributed by atoms with Crippen molar-refractivity contribution in [3.8, 4) is 0 Å². The van der Waals surface area contributed by atoms with Gasteiger partial charge in [0.05, 0.1) is 11.8 Å². The molecule has 0 atom stereocenters. The van der Waals surface area contributed by atoms with Crippen molar-refractivity contribution < 1.29 is 19.5 Å². The number of nitrogens with one attached hydrogen (secondary N) is 2. The van der Waals surface area contributed by atoms with E-state index in [4.69, 9.17) is 5.11 Å². The van der Waals surface area contributed by atoms with Crippen LogP contribution in [0.1, 0.15) is 30.4 Å². The number of carbonyl (C=O) groups excluding carboxylic acids is 2. The molecule has 0 aliphatic heterocycles. The molecule has 1 fully saturated rings. The Bertz CT molecular complexity index is 827. The first kappa shape index (κ1) is 18.6. The molecule has 1 aliphatic carbocycles. The van der Waals surface area contributed by atoms with E-state index >= 15 is 0 Å². The van der Waals surface area contributed by atoms with E-state index in [-0.39, 0.29) is 18.2 Å². The minimum absolute atomic E-state index is 0.00750. The molecule has 3 N–H and O–H groups in total. The fourth-order valence-electron chi connectivity index (χ4n) is 3.31. The average Bonchev–Trinajstić information content (AvgIpc) is 2.62. The van der Waals surface area contributed by atoms with Crippen LogP contribution in [0.15, 0.2) is 54.6 Å². The fraction of sp³-hybridized carbons (Fsp3) is 0.286. The fourth-order valence-corrected chi connectivity index (χ4v) is 3.31. The molecule has 0 saturated heterocycles. The summed E-state index contributed by atoms with van der Waals surface area (Å²) in [6.07, 6.45) is 2.80. The van der Waals surface area contributed by atoms with Crippen LogP contribution < -0.4 is 10.6 Å². The van der Waals surface area contributed by atoms with Crippen molar-refractivity contribution in [3.05, 3.63) is 65.7 Å². The van der Waals surface area contributed by atoms with E-state index in [1.165, 1.54) is 0 Å². The summed E-state index contributed by atoms with van der Waals surface area (Å²) in [5.41, 5.74) is 2.01. The van der Waals surface area contributed by atoms with Gasteiger partial charge in [-0.15, -0.1) is 0 Å². The van der Waals surface area contributed by atoms with Crippen molar-refractivity contribution in [2.45, 2.75) is 31.1 Å². The van der Waals surface area contributed by atoms with Crippen molar-refractivity contribution in [1.29, 1.82) is 0 Å². The Morgan fingerprint density at radius 2 is 1.63 bits per heavy atom. The Labute approximate surface area is 157 Å². The molecular weight excluding hydrogens is 344 g/mol. The molecule has 0 bridgehead atoms. The van der Waals surface area contributed by atoms with E-state index in [0.717, 1.165) is 30.4 Å². The number of benzene rings is 2. The first-order chi connectivity index (χ1) is 13.0. The maximum absolute atomic E-state index is 12.9. The molecule has 6 heteroatoms. The van der Waals surface area contributed by atoms with Gasteiger partial charge in [-0.2, -0.15) is 0 Å². The highest BCUT2D eigenvalue weighted by atomic mass is 16.4. The van der Waals surface area contributed by atoms with Crippen molar-refractivity contribution in [1.82, 2.24) is 5.32 Å². The van der Waals surface area contributed by atoms with E-state index in [1.54, 1.807) is 24.3 Å². The van der Waals surface area contributed by atoms with Crippen molar-refractivity contribution in [2.24, 2.45) is 0 Å². The predicted molar refractivity (Wildman–Crippen MR) is 101 cm³/mol. The smallest absolute Gasteiger partial charge is 0.322 e. The molecule has 0 aromatic heterocycles. The monoisotopic (exact) mass is 366 g/mol. The van der Waals surface area contributed by atoms with E-state index in [2.05, 4.69) is 10.6 Å². The summed E-state index contributed by atoms with van der Waals surface area (Å²) in [4.78, 5) is 35.0. The number of hydrogen-bond donors (Lipinski definition) is 3. The number of aliphatic carboxylic acids is 1. The molecule has 0 heterocycles. The number of anilines is 1. The van der Waals surface area contributed by atoms with Gasteiger partial charge in [0.25, 0.3) is 0 Å². The highest BCUT2D eigenvalue weighted by Gasteiger charge is 2.45. The van der Waals surface area contributed by atoms with Gasteiger partial charge in [-0.05, 0) is 36.1 Å². The van der Waals surface area contributed by atoms with Crippen LogP contribution in [-0.2, 0) is 26.2 Å². The molecule has 0 spiro atoms. The normalized spacial score (nSPS) is 14.7. The molecule has 2 aromatic rings. The summed E-state index contributed by atoms with van der Waals surface area (Å²) < 4.78 is 0. The molecule has 2 aromatic carbocycles. The van der Waals surface area contributed by atoms with Gasteiger partial charge in [-0.1, -0.05) is 48.9 Å². The Morgan fingerprint density at radius 3 is 2.19 bits per heavy atom. The van der Waals surface area contributed by atoms with Crippen molar-refractivity contribution in [2.75, 3.05) is 11.9 Å².